The summed E-state index contributed by atoms with van der Waals surface area (Å²) in [5, 5.41) is 13.0. The maximum Gasteiger partial charge on any atom is 0.167 e. The van der Waals surface area contributed by atoms with Crippen molar-refractivity contribution in [3.05, 3.63) is 66.5 Å². The lowest BCUT2D eigenvalue weighted by Crippen LogP contribution is -2.53. The van der Waals surface area contributed by atoms with Gasteiger partial charge in [0.1, 0.15) is 28.8 Å². The lowest BCUT2D eigenvalue weighted by Gasteiger charge is -2.36. The number of imidazole rings is 1. The molecule has 5 rings (SSSR count). The minimum Gasteiger partial charge on any atom is -0.394 e. The zero-order chi connectivity index (χ0) is 21.4. The molecule has 0 saturated carbocycles. The minimum absolute atomic E-state index is 0.00236. The first-order valence-electron chi connectivity index (χ1n) is 9.99. The first-order valence-corrected chi connectivity index (χ1v) is 9.99. The number of hydrogen-bond acceptors (Lipinski definition) is 6. The maximum absolute atomic E-state index is 14.7. The van der Waals surface area contributed by atoms with Gasteiger partial charge in [-0.05, 0) is 36.4 Å². The average Bonchev–Trinajstić information content (AvgIpc) is 3.18. The monoisotopic (exact) mass is 422 g/mol. The summed E-state index contributed by atoms with van der Waals surface area (Å²) in [7, 11) is 0. The van der Waals surface area contributed by atoms with Gasteiger partial charge in [-0.3, -0.25) is 9.55 Å². The number of anilines is 1. The van der Waals surface area contributed by atoms with Crippen LogP contribution in [0.15, 0.2) is 54.9 Å². The van der Waals surface area contributed by atoms with Crippen LogP contribution in [0.4, 0.5) is 14.6 Å². The fourth-order valence-corrected chi connectivity index (χ4v) is 3.92. The molecule has 7 nitrogen and oxygen atoms in total. The number of aliphatic hydroxyl groups is 1. The molecule has 0 amide bonds. The van der Waals surface area contributed by atoms with E-state index in [2.05, 4.69) is 20.2 Å². The normalized spacial score (nSPS) is 16.7. The number of nitrogens with one attached hydrogen (secondary N) is 1. The summed E-state index contributed by atoms with van der Waals surface area (Å²) >= 11 is 0. The molecule has 1 aliphatic heterocycles. The van der Waals surface area contributed by atoms with Gasteiger partial charge in [0.05, 0.1) is 23.9 Å². The van der Waals surface area contributed by atoms with Crippen molar-refractivity contribution in [3.8, 4) is 17.1 Å². The van der Waals surface area contributed by atoms with Crippen LogP contribution in [0.1, 0.15) is 0 Å². The topological polar surface area (TPSA) is 79.1 Å². The number of nitrogens with zero attached hydrogens (tertiary/aromatic N) is 5. The molecule has 1 unspecified atom stereocenters. The van der Waals surface area contributed by atoms with E-state index in [0.717, 1.165) is 12.6 Å². The average molecular weight is 422 g/mol. The summed E-state index contributed by atoms with van der Waals surface area (Å²) in [6.07, 6.45) is 3.27. The maximum atomic E-state index is 14.7. The van der Waals surface area contributed by atoms with Gasteiger partial charge in [0, 0.05) is 38.1 Å². The summed E-state index contributed by atoms with van der Waals surface area (Å²) in [4.78, 5) is 15.6. The molecule has 0 radical (unpaired) electrons. The SMILES string of the molecule is OCC1CNCCN1c1ccc2nc(-c3ccc(F)cc3F)n(-c3ccncc3)c2n1. The van der Waals surface area contributed by atoms with Crippen LogP contribution in [-0.2, 0) is 0 Å². The van der Waals surface area contributed by atoms with E-state index in [9.17, 15) is 13.9 Å². The van der Waals surface area contributed by atoms with E-state index in [1.807, 2.05) is 12.1 Å². The summed E-state index contributed by atoms with van der Waals surface area (Å²) in [5.74, 6) is -0.327. The van der Waals surface area contributed by atoms with Crippen molar-refractivity contribution in [1.82, 2.24) is 24.8 Å². The zero-order valence-electron chi connectivity index (χ0n) is 16.5. The second-order valence-corrected chi connectivity index (χ2v) is 7.35. The molecule has 158 valence electrons. The van der Waals surface area contributed by atoms with E-state index in [4.69, 9.17) is 4.98 Å². The third kappa shape index (κ3) is 3.51. The quantitative estimate of drug-likeness (QED) is 0.526. The number of halogens is 2. The third-order valence-electron chi connectivity index (χ3n) is 5.44. The molecule has 1 aromatic carbocycles. The van der Waals surface area contributed by atoms with Gasteiger partial charge in [-0.2, -0.15) is 0 Å². The predicted molar refractivity (Wildman–Crippen MR) is 113 cm³/mol. The molecule has 1 saturated heterocycles. The van der Waals surface area contributed by atoms with Crippen LogP contribution in [-0.4, -0.2) is 56.9 Å². The van der Waals surface area contributed by atoms with Crippen molar-refractivity contribution in [2.24, 2.45) is 0 Å². The fourth-order valence-electron chi connectivity index (χ4n) is 3.92. The molecular weight excluding hydrogens is 402 g/mol. The van der Waals surface area contributed by atoms with Gasteiger partial charge in [-0.25, -0.2) is 18.7 Å². The largest absolute Gasteiger partial charge is 0.394 e. The highest BCUT2D eigenvalue weighted by Gasteiger charge is 2.25. The molecular formula is C22H20F2N6O. The Morgan fingerprint density at radius 3 is 2.68 bits per heavy atom. The minimum atomic E-state index is -0.701. The Morgan fingerprint density at radius 2 is 1.90 bits per heavy atom. The van der Waals surface area contributed by atoms with E-state index >= 15 is 0 Å². The van der Waals surface area contributed by atoms with Crippen LogP contribution >= 0.6 is 0 Å². The van der Waals surface area contributed by atoms with Gasteiger partial charge in [-0.15, -0.1) is 0 Å². The molecule has 9 heteroatoms. The van der Waals surface area contributed by atoms with E-state index in [0.29, 0.717) is 41.6 Å². The van der Waals surface area contributed by atoms with Crippen molar-refractivity contribution < 1.29 is 13.9 Å². The van der Waals surface area contributed by atoms with E-state index in [1.54, 1.807) is 29.1 Å². The fraction of sp³-hybridized carbons (Fsp3) is 0.227. The standard InChI is InChI=1S/C22H20F2N6O/c23-14-1-2-17(18(24)11-14)21-27-19-3-4-20(29-10-9-26-12-16(29)13-31)28-22(19)30(21)15-5-7-25-8-6-15/h1-8,11,16,26,31H,9-10,12-13H2. The third-order valence-corrected chi connectivity index (χ3v) is 5.44. The molecule has 4 aromatic rings. The van der Waals surface area contributed by atoms with Gasteiger partial charge in [0.2, 0.25) is 0 Å². The van der Waals surface area contributed by atoms with Crippen LogP contribution in [0.25, 0.3) is 28.2 Å². The van der Waals surface area contributed by atoms with Crippen molar-refractivity contribution in [2.45, 2.75) is 6.04 Å². The van der Waals surface area contributed by atoms with Gasteiger partial charge in [0.15, 0.2) is 5.65 Å². The highest BCUT2D eigenvalue weighted by molar-refractivity contribution is 5.81. The zero-order valence-corrected chi connectivity index (χ0v) is 16.5. The lowest BCUT2D eigenvalue weighted by atomic mass is 10.2. The number of pyridine rings is 2. The van der Waals surface area contributed by atoms with Crippen molar-refractivity contribution >= 4 is 17.0 Å². The van der Waals surface area contributed by atoms with Crippen LogP contribution in [0, 0.1) is 11.6 Å². The number of benzene rings is 1. The summed E-state index contributed by atoms with van der Waals surface area (Å²) < 4.78 is 29.9. The summed E-state index contributed by atoms with van der Waals surface area (Å²) in [6.45, 7) is 2.15. The Kier molecular flexibility index (Phi) is 5.05. The van der Waals surface area contributed by atoms with Gasteiger partial charge < -0.3 is 15.3 Å². The number of aliphatic hydroxyl groups excluding tert-OH is 1. The first-order chi connectivity index (χ1) is 15.2. The molecule has 0 aliphatic carbocycles. The second-order valence-electron chi connectivity index (χ2n) is 7.35. The van der Waals surface area contributed by atoms with Crippen molar-refractivity contribution in [2.75, 3.05) is 31.1 Å². The molecule has 1 fully saturated rings. The van der Waals surface area contributed by atoms with Crippen molar-refractivity contribution in [1.29, 1.82) is 0 Å². The Labute approximate surface area is 177 Å². The van der Waals surface area contributed by atoms with Crippen LogP contribution in [0.2, 0.25) is 0 Å². The predicted octanol–water partition coefficient (Wildman–Crippen LogP) is 2.53. The number of piperazine rings is 1. The van der Waals surface area contributed by atoms with E-state index in [-0.39, 0.29) is 18.2 Å². The van der Waals surface area contributed by atoms with Gasteiger partial charge >= 0.3 is 0 Å². The Morgan fingerprint density at radius 1 is 1.06 bits per heavy atom. The van der Waals surface area contributed by atoms with Gasteiger partial charge in [0.25, 0.3) is 0 Å². The van der Waals surface area contributed by atoms with Crippen LogP contribution < -0.4 is 10.2 Å². The Balaban J connectivity index is 1.73. The molecule has 4 heterocycles. The number of fused-ring (bicyclic) bond motifs is 1. The molecule has 1 aliphatic rings. The summed E-state index contributed by atoms with van der Waals surface area (Å²) in [5.41, 5.74) is 2.00. The number of aromatic nitrogens is 4. The molecule has 0 spiro atoms. The Bertz CT molecular complexity index is 1230. The molecule has 1 atom stereocenters. The number of rotatable bonds is 4. The molecule has 2 N–H and O–H groups in total. The first kappa shape index (κ1) is 19.5. The highest BCUT2D eigenvalue weighted by atomic mass is 19.1. The molecule has 0 bridgehead atoms. The smallest absolute Gasteiger partial charge is 0.167 e. The Hall–Kier alpha value is -3.43. The summed E-state index contributed by atoms with van der Waals surface area (Å²) in [6, 6.07) is 10.6. The lowest BCUT2D eigenvalue weighted by molar-refractivity contribution is 0.246. The highest BCUT2D eigenvalue weighted by Crippen LogP contribution is 2.31. The van der Waals surface area contributed by atoms with Crippen LogP contribution in [0.3, 0.4) is 0 Å². The van der Waals surface area contributed by atoms with E-state index < -0.39 is 11.6 Å². The van der Waals surface area contributed by atoms with Crippen LogP contribution in [0.5, 0.6) is 0 Å². The molecule has 3 aromatic heterocycles. The second kappa shape index (κ2) is 8.01. The number of hydrogen-bond donors (Lipinski definition) is 2. The van der Waals surface area contributed by atoms with E-state index in [1.165, 1.54) is 12.1 Å². The van der Waals surface area contributed by atoms with Crippen molar-refractivity contribution in [3.63, 3.8) is 0 Å². The molecule has 31 heavy (non-hydrogen) atoms. The van der Waals surface area contributed by atoms with Gasteiger partial charge in [-0.1, -0.05) is 0 Å².